The van der Waals surface area contributed by atoms with Gasteiger partial charge in [0, 0.05) is 22.4 Å². The summed E-state index contributed by atoms with van der Waals surface area (Å²) in [4.78, 5) is 4.28. The lowest BCUT2D eigenvalue weighted by Gasteiger charge is -2.12. The Morgan fingerprint density at radius 3 is 2.52 bits per heavy atom. The molecule has 1 heterocycles. The first kappa shape index (κ1) is 14.8. The van der Waals surface area contributed by atoms with Crippen LogP contribution in [-0.2, 0) is 0 Å². The number of nitrogen functional groups attached to an aromatic ring is 1. The van der Waals surface area contributed by atoms with Gasteiger partial charge in [-0.25, -0.2) is 4.99 Å². The predicted octanol–water partition coefficient (Wildman–Crippen LogP) is 2.63. The van der Waals surface area contributed by atoms with Crippen LogP contribution in [0.3, 0.4) is 0 Å². The highest BCUT2D eigenvalue weighted by Gasteiger charge is 2.15. The van der Waals surface area contributed by atoms with Crippen molar-refractivity contribution >= 4 is 17.2 Å². The standard InChI is InChI=1S/C18H19N5/c1-10-4-5-13(8-11(10)2)17(20)15-9-14(6-7-16(15)19)18-21-12(3)22-23-18/h4-9,20,22H,3,19H2,1-2H3,(H,21,23). The molecule has 2 aromatic carbocycles. The molecule has 1 aliphatic heterocycles. The molecule has 0 aliphatic carbocycles. The minimum absolute atomic E-state index is 0.401. The molecule has 116 valence electrons. The number of anilines is 1. The van der Waals surface area contributed by atoms with Crippen molar-refractivity contribution in [3.8, 4) is 0 Å². The van der Waals surface area contributed by atoms with Crippen LogP contribution < -0.4 is 16.6 Å². The number of nitrogens with one attached hydrogen (secondary N) is 3. The second-order valence-electron chi connectivity index (χ2n) is 5.63. The maximum atomic E-state index is 8.51. The fourth-order valence-electron chi connectivity index (χ4n) is 2.43. The van der Waals surface area contributed by atoms with E-state index in [-0.39, 0.29) is 0 Å². The summed E-state index contributed by atoms with van der Waals surface area (Å²) in [5, 5.41) is 8.51. The fourth-order valence-corrected chi connectivity index (χ4v) is 2.43. The summed E-state index contributed by atoms with van der Waals surface area (Å²) in [6.07, 6.45) is 0. The van der Waals surface area contributed by atoms with Crippen molar-refractivity contribution in [1.82, 2.24) is 10.9 Å². The van der Waals surface area contributed by atoms with Crippen LogP contribution in [0.1, 0.15) is 27.8 Å². The maximum absolute atomic E-state index is 8.51. The largest absolute Gasteiger partial charge is 0.398 e. The lowest BCUT2D eigenvalue weighted by Crippen LogP contribution is -2.29. The van der Waals surface area contributed by atoms with Crippen LogP contribution in [0, 0.1) is 19.3 Å². The van der Waals surface area contributed by atoms with Gasteiger partial charge in [-0.2, -0.15) is 0 Å². The molecular formula is C18H19N5. The molecule has 2 aromatic rings. The number of rotatable bonds is 3. The van der Waals surface area contributed by atoms with Gasteiger partial charge < -0.3 is 5.73 Å². The molecule has 0 saturated heterocycles. The van der Waals surface area contributed by atoms with Crippen LogP contribution in [0.2, 0.25) is 0 Å². The number of amidine groups is 1. The Bertz CT molecular complexity index is 848. The van der Waals surface area contributed by atoms with Crippen LogP contribution in [0.5, 0.6) is 0 Å². The molecule has 5 N–H and O–H groups in total. The number of hydrazine groups is 1. The molecule has 0 amide bonds. The Labute approximate surface area is 135 Å². The number of nitrogens with zero attached hydrogens (tertiary/aromatic N) is 1. The Kier molecular flexibility index (Phi) is 3.62. The summed E-state index contributed by atoms with van der Waals surface area (Å²) in [6, 6.07) is 11.5. The van der Waals surface area contributed by atoms with Crippen LogP contribution >= 0.6 is 0 Å². The summed E-state index contributed by atoms with van der Waals surface area (Å²) >= 11 is 0. The van der Waals surface area contributed by atoms with Crippen molar-refractivity contribution in [2.24, 2.45) is 4.99 Å². The number of hydrogen-bond acceptors (Lipinski definition) is 5. The number of aliphatic imine (C=N–C) groups is 1. The van der Waals surface area contributed by atoms with Crippen molar-refractivity contribution in [3.05, 3.63) is 76.6 Å². The summed E-state index contributed by atoms with van der Waals surface area (Å²) < 4.78 is 0. The van der Waals surface area contributed by atoms with E-state index in [9.17, 15) is 0 Å². The molecule has 0 atom stereocenters. The summed E-state index contributed by atoms with van der Waals surface area (Å²) in [7, 11) is 0. The molecule has 1 aliphatic rings. The Balaban J connectivity index is 2.01. The van der Waals surface area contributed by atoms with E-state index >= 15 is 0 Å². The van der Waals surface area contributed by atoms with Crippen molar-refractivity contribution in [2.45, 2.75) is 13.8 Å². The second kappa shape index (κ2) is 5.61. The van der Waals surface area contributed by atoms with E-state index in [4.69, 9.17) is 11.1 Å². The maximum Gasteiger partial charge on any atom is 0.154 e. The molecule has 0 unspecified atom stereocenters. The number of nitrogens with two attached hydrogens (primary N) is 1. The highest BCUT2D eigenvalue weighted by molar-refractivity contribution is 6.15. The molecule has 3 rings (SSSR count). The monoisotopic (exact) mass is 305 g/mol. The van der Waals surface area contributed by atoms with Crippen LogP contribution in [0.15, 0.2) is 53.8 Å². The Morgan fingerprint density at radius 2 is 1.87 bits per heavy atom. The Morgan fingerprint density at radius 1 is 1.09 bits per heavy atom. The van der Waals surface area contributed by atoms with E-state index in [0.717, 1.165) is 16.7 Å². The van der Waals surface area contributed by atoms with Gasteiger partial charge in [0.25, 0.3) is 0 Å². The van der Waals surface area contributed by atoms with E-state index in [1.807, 2.05) is 37.3 Å². The van der Waals surface area contributed by atoms with Gasteiger partial charge in [0.05, 0.1) is 5.71 Å². The first-order valence-corrected chi connectivity index (χ1v) is 7.32. The molecule has 5 heteroatoms. The average Bonchev–Trinajstić information content (AvgIpc) is 2.96. The average molecular weight is 305 g/mol. The van der Waals surface area contributed by atoms with Gasteiger partial charge in [-0.15, -0.1) is 0 Å². The summed E-state index contributed by atoms with van der Waals surface area (Å²) in [5.74, 6) is 1.23. The van der Waals surface area contributed by atoms with Gasteiger partial charge in [-0.05, 0) is 49.2 Å². The first-order chi connectivity index (χ1) is 11.0. The van der Waals surface area contributed by atoms with Gasteiger partial charge in [0.1, 0.15) is 5.82 Å². The van der Waals surface area contributed by atoms with Gasteiger partial charge in [0.15, 0.2) is 5.84 Å². The molecule has 0 saturated carbocycles. The lowest BCUT2D eigenvalue weighted by molar-refractivity contribution is 0.813. The number of aryl methyl sites for hydroxylation is 2. The van der Waals surface area contributed by atoms with Crippen molar-refractivity contribution in [2.75, 3.05) is 5.73 Å². The van der Waals surface area contributed by atoms with E-state index in [1.165, 1.54) is 5.56 Å². The highest BCUT2D eigenvalue weighted by Crippen LogP contribution is 2.21. The van der Waals surface area contributed by atoms with Gasteiger partial charge in [-0.1, -0.05) is 18.7 Å². The third kappa shape index (κ3) is 2.81. The third-order valence-electron chi connectivity index (χ3n) is 3.96. The summed E-state index contributed by atoms with van der Waals surface area (Å²) in [6.45, 7) is 7.84. The van der Waals surface area contributed by atoms with Crippen LogP contribution in [0.4, 0.5) is 5.69 Å². The van der Waals surface area contributed by atoms with E-state index < -0.39 is 0 Å². The zero-order chi connectivity index (χ0) is 16.6. The zero-order valence-electron chi connectivity index (χ0n) is 13.2. The topological polar surface area (TPSA) is 86.3 Å². The lowest BCUT2D eigenvalue weighted by atomic mass is 9.96. The molecule has 0 bridgehead atoms. The molecule has 0 spiro atoms. The van der Waals surface area contributed by atoms with E-state index in [1.54, 1.807) is 6.07 Å². The minimum Gasteiger partial charge on any atom is -0.398 e. The number of hydrogen-bond donors (Lipinski definition) is 4. The zero-order valence-corrected chi connectivity index (χ0v) is 13.2. The number of benzene rings is 2. The van der Waals surface area contributed by atoms with Crippen LogP contribution in [0.25, 0.3) is 0 Å². The quantitative estimate of drug-likeness (QED) is 0.519. The fraction of sp³-hybridized carbons (Fsp3) is 0.111. The molecule has 23 heavy (non-hydrogen) atoms. The molecule has 0 radical (unpaired) electrons. The predicted molar refractivity (Wildman–Crippen MR) is 94.6 cm³/mol. The normalized spacial score (nSPS) is 13.3. The molecule has 0 fully saturated rings. The van der Waals surface area contributed by atoms with Gasteiger partial charge >= 0.3 is 0 Å². The van der Waals surface area contributed by atoms with Crippen molar-refractivity contribution in [1.29, 1.82) is 5.41 Å². The van der Waals surface area contributed by atoms with Crippen LogP contribution in [-0.4, -0.2) is 11.5 Å². The Hall–Kier alpha value is -3.08. The smallest absolute Gasteiger partial charge is 0.154 e. The van der Waals surface area contributed by atoms with Crippen molar-refractivity contribution < 1.29 is 0 Å². The first-order valence-electron chi connectivity index (χ1n) is 7.32. The molecular weight excluding hydrogens is 286 g/mol. The summed E-state index contributed by atoms with van der Waals surface area (Å²) in [5.41, 5.74) is 17.6. The molecule has 0 aromatic heterocycles. The van der Waals surface area contributed by atoms with Crippen molar-refractivity contribution in [3.63, 3.8) is 0 Å². The molecule has 5 nitrogen and oxygen atoms in total. The second-order valence-corrected chi connectivity index (χ2v) is 5.63. The third-order valence-corrected chi connectivity index (χ3v) is 3.96. The highest BCUT2D eigenvalue weighted by atomic mass is 15.5. The van der Waals surface area contributed by atoms with Gasteiger partial charge in [0.2, 0.25) is 0 Å². The SMILES string of the molecule is C=C1N=C(c2ccc(N)c(C(=N)c3ccc(C)c(C)c3)c2)NN1. The van der Waals surface area contributed by atoms with Gasteiger partial charge in [-0.3, -0.25) is 16.3 Å². The minimum atomic E-state index is 0.401. The van der Waals surface area contributed by atoms with E-state index in [2.05, 4.69) is 29.3 Å². The van der Waals surface area contributed by atoms with E-state index in [0.29, 0.717) is 28.6 Å².